The van der Waals surface area contributed by atoms with Crippen molar-refractivity contribution in [3.8, 4) is 0 Å². The molecular weight excluding hydrogens is 302 g/mol. The first-order chi connectivity index (χ1) is 11.3. The SMILES string of the molecule is Cc1ccsc1CN1CCc2[nH]cnc2C1Cc1ccccc1. The lowest BCUT2D eigenvalue weighted by Crippen LogP contribution is -2.36. The van der Waals surface area contributed by atoms with E-state index in [-0.39, 0.29) is 0 Å². The quantitative estimate of drug-likeness (QED) is 0.783. The van der Waals surface area contributed by atoms with Crippen molar-refractivity contribution in [2.45, 2.75) is 32.4 Å². The Bertz CT molecular complexity index is 775. The van der Waals surface area contributed by atoms with Crippen LogP contribution in [-0.2, 0) is 19.4 Å². The zero-order chi connectivity index (χ0) is 15.6. The van der Waals surface area contributed by atoms with Crippen molar-refractivity contribution in [1.29, 1.82) is 0 Å². The van der Waals surface area contributed by atoms with Gasteiger partial charge in [-0.25, -0.2) is 4.98 Å². The number of hydrogen-bond acceptors (Lipinski definition) is 3. The van der Waals surface area contributed by atoms with Crippen LogP contribution < -0.4 is 0 Å². The van der Waals surface area contributed by atoms with Crippen molar-refractivity contribution in [2.75, 3.05) is 6.54 Å². The van der Waals surface area contributed by atoms with E-state index < -0.39 is 0 Å². The minimum absolute atomic E-state index is 0.355. The molecule has 0 saturated carbocycles. The van der Waals surface area contributed by atoms with Gasteiger partial charge in [0.2, 0.25) is 0 Å². The summed E-state index contributed by atoms with van der Waals surface area (Å²) in [4.78, 5) is 12.0. The molecule has 1 aromatic carbocycles. The van der Waals surface area contributed by atoms with Gasteiger partial charge in [0.25, 0.3) is 0 Å². The van der Waals surface area contributed by atoms with E-state index in [9.17, 15) is 0 Å². The number of fused-ring (bicyclic) bond motifs is 1. The third-order valence-corrected chi connectivity index (χ3v) is 5.75. The van der Waals surface area contributed by atoms with E-state index in [0.717, 1.165) is 25.9 Å². The minimum Gasteiger partial charge on any atom is -0.348 e. The lowest BCUT2D eigenvalue weighted by molar-refractivity contribution is 0.172. The molecule has 4 rings (SSSR count). The Hall–Kier alpha value is -1.91. The highest BCUT2D eigenvalue weighted by Crippen LogP contribution is 2.33. The van der Waals surface area contributed by atoms with Crippen molar-refractivity contribution in [3.63, 3.8) is 0 Å². The maximum atomic E-state index is 4.64. The van der Waals surface area contributed by atoms with Gasteiger partial charge in [-0.1, -0.05) is 30.3 Å². The highest BCUT2D eigenvalue weighted by molar-refractivity contribution is 7.10. The fraction of sp³-hybridized carbons (Fsp3) is 0.316. The predicted octanol–water partition coefficient (Wildman–Crippen LogP) is 4.12. The molecule has 0 amide bonds. The van der Waals surface area contributed by atoms with Crippen LogP contribution in [0.1, 0.15) is 33.4 Å². The zero-order valence-electron chi connectivity index (χ0n) is 13.3. The second kappa shape index (κ2) is 6.30. The van der Waals surface area contributed by atoms with Crippen LogP contribution in [0, 0.1) is 6.92 Å². The molecular formula is C19H21N3S. The average Bonchev–Trinajstić information content (AvgIpc) is 3.20. The third-order valence-electron chi connectivity index (χ3n) is 4.74. The summed E-state index contributed by atoms with van der Waals surface area (Å²) in [6.45, 7) is 4.32. The Balaban J connectivity index is 1.63. The minimum atomic E-state index is 0.355. The molecule has 1 aliphatic heterocycles. The van der Waals surface area contributed by atoms with E-state index in [1.165, 1.54) is 27.4 Å². The number of aromatic amines is 1. The summed E-state index contributed by atoms with van der Waals surface area (Å²) in [5, 5.41) is 2.20. The van der Waals surface area contributed by atoms with Crippen LogP contribution in [0.5, 0.6) is 0 Å². The molecule has 3 heterocycles. The van der Waals surface area contributed by atoms with Crippen LogP contribution in [0.3, 0.4) is 0 Å². The maximum absolute atomic E-state index is 4.64. The highest BCUT2D eigenvalue weighted by atomic mass is 32.1. The molecule has 0 aliphatic carbocycles. The zero-order valence-corrected chi connectivity index (χ0v) is 14.1. The first kappa shape index (κ1) is 14.7. The normalized spacial score (nSPS) is 18.0. The van der Waals surface area contributed by atoms with Gasteiger partial charge in [-0.3, -0.25) is 4.90 Å². The molecule has 1 unspecified atom stereocenters. The Morgan fingerprint density at radius 1 is 1.26 bits per heavy atom. The second-order valence-electron chi connectivity index (χ2n) is 6.22. The number of H-pyrrole nitrogens is 1. The summed E-state index contributed by atoms with van der Waals surface area (Å²) in [7, 11) is 0. The molecule has 3 aromatic rings. The second-order valence-corrected chi connectivity index (χ2v) is 7.22. The lowest BCUT2D eigenvalue weighted by Gasteiger charge is -2.35. The van der Waals surface area contributed by atoms with Gasteiger partial charge in [0.05, 0.1) is 18.1 Å². The van der Waals surface area contributed by atoms with Crippen molar-refractivity contribution in [2.24, 2.45) is 0 Å². The molecule has 2 aromatic heterocycles. The van der Waals surface area contributed by atoms with Crippen molar-refractivity contribution in [1.82, 2.24) is 14.9 Å². The summed E-state index contributed by atoms with van der Waals surface area (Å²) >= 11 is 1.87. The fourth-order valence-corrected chi connectivity index (χ4v) is 4.34. The van der Waals surface area contributed by atoms with E-state index in [0.29, 0.717) is 6.04 Å². The van der Waals surface area contributed by atoms with Crippen LogP contribution in [0.15, 0.2) is 48.1 Å². The summed E-state index contributed by atoms with van der Waals surface area (Å²) in [6.07, 6.45) is 3.93. The van der Waals surface area contributed by atoms with Gasteiger partial charge in [-0.15, -0.1) is 11.3 Å². The molecule has 4 heteroatoms. The molecule has 0 fully saturated rings. The van der Waals surface area contributed by atoms with E-state index in [4.69, 9.17) is 0 Å². The van der Waals surface area contributed by atoms with E-state index >= 15 is 0 Å². The molecule has 3 nitrogen and oxygen atoms in total. The monoisotopic (exact) mass is 323 g/mol. The Labute approximate surface area is 141 Å². The maximum Gasteiger partial charge on any atom is 0.0925 e. The number of nitrogens with zero attached hydrogens (tertiary/aromatic N) is 2. The Morgan fingerprint density at radius 3 is 2.91 bits per heavy atom. The number of aryl methyl sites for hydroxylation is 1. The summed E-state index contributed by atoms with van der Waals surface area (Å²) in [5.74, 6) is 0. The molecule has 0 radical (unpaired) electrons. The number of imidazole rings is 1. The first-order valence-electron chi connectivity index (χ1n) is 8.14. The van der Waals surface area contributed by atoms with E-state index in [1.807, 2.05) is 17.7 Å². The number of rotatable bonds is 4. The van der Waals surface area contributed by atoms with Crippen LogP contribution in [0.4, 0.5) is 0 Å². The first-order valence-corrected chi connectivity index (χ1v) is 9.02. The Kier molecular flexibility index (Phi) is 4.02. The largest absolute Gasteiger partial charge is 0.348 e. The molecule has 1 atom stereocenters. The lowest BCUT2D eigenvalue weighted by atomic mass is 9.96. The summed E-state index contributed by atoms with van der Waals surface area (Å²) in [5.41, 5.74) is 5.32. The number of benzene rings is 1. The standard InChI is InChI=1S/C19H21N3S/c1-14-8-10-23-18(14)12-22-9-7-16-19(21-13-20-16)17(22)11-15-5-3-2-4-6-15/h2-6,8,10,13,17H,7,9,11-12H2,1H3,(H,20,21). The third kappa shape index (κ3) is 2.96. The van der Waals surface area contributed by atoms with E-state index in [2.05, 4.69) is 63.6 Å². The van der Waals surface area contributed by atoms with Gasteiger partial charge in [0.15, 0.2) is 0 Å². The number of nitrogens with one attached hydrogen (secondary N) is 1. The van der Waals surface area contributed by atoms with E-state index in [1.54, 1.807) is 0 Å². The summed E-state index contributed by atoms with van der Waals surface area (Å²) in [6, 6.07) is 13.3. The van der Waals surface area contributed by atoms with Gasteiger partial charge in [0.1, 0.15) is 0 Å². The number of aromatic nitrogens is 2. The molecule has 0 spiro atoms. The smallest absolute Gasteiger partial charge is 0.0925 e. The Morgan fingerprint density at radius 2 is 2.13 bits per heavy atom. The highest BCUT2D eigenvalue weighted by Gasteiger charge is 2.30. The van der Waals surface area contributed by atoms with Gasteiger partial charge in [-0.2, -0.15) is 0 Å². The van der Waals surface area contributed by atoms with Gasteiger partial charge in [0, 0.05) is 30.1 Å². The molecule has 1 aliphatic rings. The van der Waals surface area contributed by atoms with Crippen LogP contribution >= 0.6 is 11.3 Å². The molecule has 0 bridgehead atoms. The predicted molar refractivity (Wildman–Crippen MR) is 94.6 cm³/mol. The number of thiophene rings is 1. The van der Waals surface area contributed by atoms with Crippen LogP contribution in [0.2, 0.25) is 0 Å². The molecule has 23 heavy (non-hydrogen) atoms. The van der Waals surface area contributed by atoms with Crippen molar-refractivity contribution >= 4 is 11.3 Å². The van der Waals surface area contributed by atoms with Gasteiger partial charge in [-0.05, 0) is 35.9 Å². The number of hydrogen-bond donors (Lipinski definition) is 1. The van der Waals surface area contributed by atoms with Crippen LogP contribution in [-0.4, -0.2) is 21.4 Å². The molecule has 0 saturated heterocycles. The van der Waals surface area contributed by atoms with Gasteiger partial charge < -0.3 is 4.98 Å². The fourth-order valence-electron chi connectivity index (χ4n) is 3.41. The molecule has 1 N–H and O–H groups in total. The van der Waals surface area contributed by atoms with Crippen molar-refractivity contribution < 1.29 is 0 Å². The van der Waals surface area contributed by atoms with Crippen molar-refractivity contribution in [3.05, 3.63) is 75.5 Å². The summed E-state index contributed by atoms with van der Waals surface area (Å²) < 4.78 is 0. The average molecular weight is 323 g/mol. The van der Waals surface area contributed by atoms with Gasteiger partial charge >= 0.3 is 0 Å². The van der Waals surface area contributed by atoms with Crippen LogP contribution in [0.25, 0.3) is 0 Å². The molecule has 118 valence electrons. The topological polar surface area (TPSA) is 31.9 Å².